The fraction of sp³-hybridized carbons (Fsp3) is 0.357. The van der Waals surface area contributed by atoms with Crippen LogP contribution in [-0.4, -0.2) is 9.78 Å². The zero-order valence-electron chi connectivity index (χ0n) is 10.1. The van der Waals surface area contributed by atoms with Gasteiger partial charge in [0.25, 0.3) is 0 Å². The fourth-order valence-corrected chi connectivity index (χ4v) is 2.65. The number of anilines is 1. The van der Waals surface area contributed by atoms with Crippen molar-refractivity contribution in [1.29, 1.82) is 0 Å². The van der Waals surface area contributed by atoms with Gasteiger partial charge in [-0.25, -0.2) is 9.07 Å². The van der Waals surface area contributed by atoms with Crippen LogP contribution in [0.3, 0.4) is 0 Å². The molecule has 0 unspecified atom stereocenters. The van der Waals surface area contributed by atoms with Crippen molar-refractivity contribution in [3.63, 3.8) is 0 Å². The molecule has 1 saturated carbocycles. The molecular formula is C14H16FN3. The SMILES string of the molecule is Nc1cc(C2CCCC2)nn1-c1cccc(F)c1. The number of nitrogen functional groups attached to an aromatic ring is 1. The van der Waals surface area contributed by atoms with E-state index < -0.39 is 0 Å². The summed E-state index contributed by atoms with van der Waals surface area (Å²) in [5, 5.41) is 4.53. The lowest BCUT2D eigenvalue weighted by Crippen LogP contribution is -2.02. The lowest BCUT2D eigenvalue weighted by atomic mass is 10.1. The Morgan fingerprint density at radius 3 is 2.72 bits per heavy atom. The number of nitrogens with two attached hydrogens (primary N) is 1. The van der Waals surface area contributed by atoms with E-state index in [0.29, 0.717) is 17.4 Å². The number of rotatable bonds is 2. The van der Waals surface area contributed by atoms with Gasteiger partial charge in [0.2, 0.25) is 0 Å². The molecule has 0 radical (unpaired) electrons. The zero-order valence-corrected chi connectivity index (χ0v) is 10.1. The van der Waals surface area contributed by atoms with Crippen molar-refractivity contribution >= 4 is 5.82 Å². The molecule has 1 aliphatic carbocycles. The second-order valence-electron chi connectivity index (χ2n) is 4.87. The standard InChI is InChI=1S/C14H16FN3/c15-11-6-3-7-12(8-11)18-14(16)9-13(17-18)10-4-1-2-5-10/h3,6-10H,1-2,4-5,16H2. The van der Waals surface area contributed by atoms with E-state index in [1.54, 1.807) is 10.7 Å². The van der Waals surface area contributed by atoms with Crippen molar-refractivity contribution in [3.8, 4) is 5.69 Å². The second-order valence-corrected chi connectivity index (χ2v) is 4.87. The number of nitrogens with zero attached hydrogens (tertiary/aromatic N) is 2. The van der Waals surface area contributed by atoms with Crippen LogP contribution in [0, 0.1) is 5.82 Å². The van der Waals surface area contributed by atoms with E-state index in [4.69, 9.17) is 5.73 Å². The topological polar surface area (TPSA) is 43.8 Å². The Balaban J connectivity index is 1.97. The average Bonchev–Trinajstić information content (AvgIpc) is 2.97. The Bertz CT molecular complexity index is 556. The molecule has 1 aliphatic rings. The van der Waals surface area contributed by atoms with Crippen LogP contribution in [-0.2, 0) is 0 Å². The monoisotopic (exact) mass is 245 g/mol. The molecule has 0 atom stereocenters. The van der Waals surface area contributed by atoms with Crippen molar-refractivity contribution in [2.75, 3.05) is 5.73 Å². The van der Waals surface area contributed by atoms with Gasteiger partial charge in [-0.15, -0.1) is 0 Å². The molecule has 1 fully saturated rings. The first kappa shape index (κ1) is 11.3. The largest absolute Gasteiger partial charge is 0.384 e. The normalized spacial score (nSPS) is 16.3. The smallest absolute Gasteiger partial charge is 0.127 e. The highest BCUT2D eigenvalue weighted by molar-refractivity contribution is 5.43. The quantitative estimate of drug-likeness (QED) is 0.882. The molecule has 3 rings (SSSR count). The summed E-state index contributed by atoms with van der Waals surface area (Å²) >= 11 is 0. The predicted molar refractivity (Wildman–Crippen MR) is 69.1 cm³/mol. The van der Waals surface area contributed by atoms with E-state index in [2.05, 4.69) is 5.10 Å². The minimum absolute atomic E-state index is 0.273. The van der Waals surface area contributed by atoms with Gasteiger partial charge in [0.1, 0.15) is 11.6 Å². The third kappa shape index (κ3) is 1.98. The molecule has 0 spiro atoms. The first-order valence-corrected chi connectivity index (χ1v) is 6.35. The van der Waals surface area contributed by atoms with Crippen molar-refractivity contribution in [2.24, 2.45) is 0 Å². The van der Waals surface area contributed by atoms with Crippen molar-refractivity contribution in [2.45, 2.75) is 31.6 Å². The van der Waals surface area contributed by atoms with E-state index >= 15 is 0 Å². The van der Waals surface area contributed by atoms with E-state index in [0.717, 1.165) is 5.69 Å². The summed E-state index contributed by atoms with van der Waals surface area (Å²) in [6.45, 7) is 0. The van der Waals surface area contributed by atoms with Crippen LogP contribution < -0.4 is 5.73 Å². The Labute approximate surface area is 105 Å². The van der Waals surface area contributed by atoms with Crippen LogP contribution in [0.4, 0.5) is 10.2 Å². The van der Waals surface area contributed by atoms with Crippen molar-refractivity contribution in [3.05, 3.63) is 41.8 Å². The summed E-state index contributed by atoms with van der Waals surface area (Å²) in [5.74, 6) is 0.814. The number of benzene rings is 1. The lowest BCUT2D eigenvalue weighted by Gasteiger charge is -2.05. The molecule has 0 saturated heterocycles. The molecular weight excluding hydrogens is 229 g/mol. The van der Waals surface area contributed by atoms with Gasteiger partial charge >= 0.3 is 0 Å². The summed E-state index contributed by atoms with van der Waals surface area (Å²) in [7, 11) is 0. The van der Waals surface area contributed by atoms with Gasteiger partial charge in [0.15, 0.2) is 0 Å². The number of halogens is 1. The molecule has 0 bridgehead atoms. The Morgan fingerprint density at radius 2 is 2.00 bits per heavy atom. The van der Waals surface area contributed by atoms with Crippen LogP contribution in [0.25, 0.3) is 5.69 Å². The minimum atomic E-state index is -0.273. The van der Waals surface area contributed by atoms with Crippen LogP contribution in [0.5, 0.6) is 0 Å². The molecule has 0 aliphatic heterocycles. The molecule has 0 amide bonds. The fourth-order valence-electron chi connectivity index (χ4n) is 2.65. The minimum Gasteiger partial charge on any atom is -0.384 e. The molecule has 94 valence electrons. The Morgan fingerprint density at radius 1 is 1.22 bits per heavy atom. The van der Waals surface area contributed by atoms with Crippen LogP contribution >= 0.6 is 0 Å². The first-order chi connectivity index (χ1) is 8.74. The molecule has 1 aromatic heterocycles. The average molecular weight is 245 g/mol. The maximum atomic E-state index is 13.2. The van der Waals surface area contributed by atoms with Gasteiger partial charge in [-0.2, -0.15) is 5.10 Å². The summed E-state index contributed by atoms with van der Waals surface area (Å²) in [5.41, 5.74) is 7.68. The lowest BCUT2D eigenvalue weighted by molar-refractivity contribution is 0.624. The number of hydrogen-bond acceptors (Lipinski definition) is 2. The van der Waals surface area contributed by atoms with Gasteiger partial charge in [-0.05, 0) is 31.0 Å². The molecule has 1 aromatic carbocycles. The Hall–Kier alpha value is -1.84. The highest BCUT2D eigenvalue weighted by Crippen LogP contribution is 2.34. The number of aromatic nitrogens is 2. The van der Waals surface area contributed by atoms with Gasteiger partial charge in [0, 0.05) is 12.0 Å². The third-order valence-electron chi connectivity index (χ3n) is 3.58. The van der Waals surface area contributed by atoms with Crippen LogP contribution in [0.15, 0.2) is 30.3 Å². The van der Waals surface area contributed by atoms with E-state index in [1.807, 2.05) is 12.1 Å². The summed E-state index contributed by atoms with van der Waals surface area (Å²) in [4.78, 5) is 0. The van der Waals surface area contributed by atoms with Gasteiger partial charge < -0.3 is 5.73 Å². The van der Waals surface area contributed by atoms with E-state index in [1.165, 1.54) is 37.8 Å². The van der Waals surface area contributed by atoms with E-state index in [-0.39, 0.29) is 5.82 Å². The highest BCUT2D eigenvalue weighted by atomic mass is 19.1. The van der Waals surface area contributed by atoms with Gasteiger partial charge in [-0.3, -0.25) is 0 Å². The zero-order chi connectivity index (χ0) is 12.5. The predicted octanol–water partition coefficient (Wildman–Crippen LogP) is 3.25. The summed E-state index contributed by atoms with van der Waals surface area (Å²) in [6, 6.07) is 8.26. The molecule has 3 nitrogen and oxygen atoms in total. The molecule has 2 aromatic rings. The summed E-state index contributed by atoms with van der Waals surface area (Å²) in [6.07, 6.45) is 4.88. The Kier molecular flexibility index (Phi) is 2.78. The molecule has 18 heavy (non-hydrogen) atoms. The van der Waals surface area contributed by atoms with Crippen molar-refractivity contribution < 1.29 is 4.39 Å². The van der Waals surface area contributed by atoms with Gasteiger partial charge in [-0.1, -0.05) is 18.9 Å². The molecule has 1 heterocycles. The molecule has 2 N–H and O–H groups in total. The van der Waals surface area contributed by atoms with E-state index in [9.17, 15) is 4.39 Å². The van der Waals surface area contributed by atoms with Crippen molar-refractivity contribution in [1.82, 2.24) is 9.78 Å². The van der Waals surface area contributed by atoms with Gasteiger partial charge in [0.05, 0.1) is 11.4 Å². The molecule has 4 heteroatoms. The summed E-state index contributed by atoms with van der Waals surface area (Å²) < 4.78 is 14.8. The first-order valence-electron chi connectivity index (χ1n) is 6.35. The second kappa shape index (κ2) is 4.44. The maximum Gasteiger partial charge on any atom is 0.127 e. The van der Waals surface area contributed by atoms with Crippen LogP contribution in [0.2, 0.25) is 0 Å². The third-order valence-corrected chi connectivity index (χ3v) is 3.58. The van der Waals surface area contributed by atoms with Crippen LogP contribution in [0.1, 0.15) is 37.3 Å². The highest BCUT2D eigenvalue weighted by Gasteiger charge is 2.21. The number of hydrogen-bond donors (Lipinski definition) is 1. The maximum absolute atomic E-state index is 13.2.